The number of phenolic OH excluding ortho intramolecular Hbond substituents is 3. The lowest BCUT2D eigenvalue weighted by atomic mass is 9.81. The molecule has 1 heterocycles. The lowest BCUT2D eigenvalue weighted by Gasteiger charge is -2.42. The average Bonchev–Trinajstić information content (AvgIpc) is 2.80. The van der Waals surface area contributed by atoms with Gasteiger partial charge >= 0.3 is 11.9 Å². The number of hydrogen-bond acceptors (Lipinski definition) is 11. The van der Waals surface area contributed by atoms with Gasteiger partial charge in [-0.2, -0.15) is 0 Å². The quantitative estimate of drug-likeness (QED) is 0.369. The maximum Gasteiger partial charge on any atom is 0.303 e. The van der Waals surface area contributed by atoms with E-state index in [-0.39, 0.29) is 40.4 Å². The number of esters is 2. The third-order valence-corrected chi connectivity index (χ3v) is 6.13. The maximum atomic E-state index is 13.5. The number of hydrogen-bond donors (Lipinski definition) is 4. The minimum absolute atomic E-state index is 0.0399. The molecule has 11 nitrogen and oxygen atoms in total. The third-order valence-electron chi connectivity index (χ3n) is 6.13. The summed E-state index contributed by atoms with van der Waals surface area (Å²) in [6, 6.07) is 7.78. The second kappa shape index (κ2) is 10.0. The van der Waals surface area contributed by atoms with Crippen molar-refractivity contribution in [1.29, 1.82) is 0 Å². The number of phenols is 3. The largest absolute Gasteiger partial charge is 0.508 e. The van der Waals surface area contributed by atoms with Crippen molar-refractivity contribution in [2.24, 2.45) is 5.92 Å². The highest BCUT2D eigenvalue weighted by Gasteiger charge is 2.48. The summed E-state index contributed by atoms with van der Waals surface area (Å²) < 4.78 is 22.5. The fourth-order valence-electron chi connectivity index (χ4n) is 4.52. The third kappa shape index (κ3) is 5.17. The molecule has 1 fully saturated rings. The molecule has 0 radical (unpaired) electrons. The highest BCUT2D eigenvalue weighted by atomic mass is 16.6. The van der Waals surface area contributed by atoms with Crippen LogP contribution in [0.4, 0.5) is 0 Å². The fourth-order valence-corrected chi connectivity index (χ4v) is 4.52. The molecule has 0 amide bonds. The number of rotatable bonds is 5. The van der Waals surface area contributed by atoms with E-state index in [4.69, 9.17) is 18.6 Å². The minimum atomic E-state index is -1.50. The molecule has 0 aliphatic heterocycles. The van der Waals surface area contributed by atoms with Crippen molar-refractivity contribution in [3.63, 3.8) is 0 Å². The smallest absolute Gasteiger partial charge is 0.303 e. The van der Waals surface area contributed by atoms with Crippen LogP contribution in [0.15, 0.2) is 45.6 Å². The predicted molar refractivity (Wildman–Crippen MR) is 128 cm³/mol. The van der Waals surface area contributed by atoms with Gasteiger partial charge in [-0.3, -0.25) is 14.4 Å². The Balaban J connectivity index is 1.83. The first-order chi connectivity index (χ1) is 17.5. The first-order valence-electron chi connectivity index (χ1n) is 11.5. The van der Waals surface area contributed by atoms with Gasteiger partial charge in [0.05, 0.1) is 0 Å². The van der Waals surface area contributed by atoms with Gasteiger partial charge < -0.3 is 39.1 Å². The number of fused-ring (bicyclic) bond motifs is 1. The molecular weight excluding hydrogens is 488 g/mol. The van der Waals surface area contributed by atoms with Crippen LogP contribution in [0.2, 0.25) is 0 Å². The Bertz CT molecular complexity index is 1390. The van der Waals surface area contributed by atoms with E-state index < -0.39 is 53.5 Å². The number of aromatic hydroxyl groups is 3. The standard InChI is InChI=1S/C26H26O11/c1-11-8-19(21(32)25(35-13(3)28)23(11)34-12(2)27)37-26-22(33)20-17(31)9-16(30)10-18(20)36-24(26)14-4-6-15(29)7-5-14/h4-7,9-11,19,21,23,25,29-32H,8H2,1-3H3/t11-,19-,21+,23+,25+/m0/s1. The van der Waals surface area contributed by atoms with Gasteiger partial charge in [-0.25, -0.2) is 0 Å². The van der Waals surface area contributed by atoms with E-state index in [1.807, 2.05) is 0 Å². The fraction of sp³-hybridized carbons (Fsp3) is 0.346. The summed E-state index contributed by atoms with van der Waals surface area (Å²) in [5.74, 6) is -3.15. The Labute approximate surface area is 210 Å². The second-order valence-electron chi connectivity index (χ2n) is 8.98. The maximum absolute atomic E-state index is 13.5. The highest BCUT2D eigenvalue weighted by molar-refractivity contribution is 5.88. The molecule has 3 aromatic rings. The molecule has 4 N–H and O–H groups in total. The van der Waals surface area contributed by atoms with Crippen LogP contribution in [-0.2, 0) is 19.1 Å². The molecule has 4 rings (SSSR count). The zero-order valence-corrected chi connectivity index (χ0v) is 20.2. The van der Waals surface area contributed by atoms with Crippen LogP contribution in [0.5, 0.6) is 23.0 Å². The van der Waals surface area contributed by atoms with Crippen molar-refractivity contribution < 1.29 is 48.6 Å². The van der Waals surface area contributed by atoms with E-state index in [1.54, 1.807) is 6.92 Å². The van der Waals surface area contributed by atoms with Crippen LogP contribution < -0.4 is 10.2 Å². The van der Waals surface area contributed by atoms with Gasteiger partial charge in [0.2, 0.25) is 11.2 Å². The number of aliphatic hydroxyl groups is 1. The summed E-state index contributed by atoms with van der Waals surface area (Å²) in [4.78, 5) is 36.9. The molecule has 1 aliphatic carbocycles. The van der Waals surface area contributed by atoms with E-state index in [9.17, 15) is 34.8 Å². The van der Waals surface area contributed by atoms with Crippen molar-refractivity contribution in [1.82, 2.24) is 0 Å². The van der Waals surface area contributed by atoms with Gasteiger partial charge in [0.25, 0.3) is 0 Å². The van der Waals surface area contributed by atoms with Crippen LogP contribution in [0, 0.1) is 5.92 Å². The van der Waals surface area contributed by atoms with Crippen LogP contribution in [0.1, 0.15) is 27.2 Å². The van der Waals surface area contributed by atoms with Crippen molar-refractivity contribution in [2.75, 3.05) is 0 Å². The van der Waals surface area contributed by atoms with E-state index in [0.29, 0.717) is 5.56 Å². The number of ether oxygens (including phenoxy) is 3. The Hall–Kier alpha value is -4.25. The molecular formula is C26H26O11. The van der Waals surface area contributed by atoms with Gasteiger partial charge in [0, 0.05) is 37.5 Å². The van der Waals surface area contributed by atoms with Crippen molar-refractivity contribution >= 4 is 22.9 Å². The normalized spacial score (nSPS) is 23.4. The van der Waals surface area contributed by atoms with Crippen LogP contribution >= 0.6 is 0 Å². The summed E-state index contributed by atoms with van der Waals surface area (Å²) in [5.41, 5.74) is -0.585. The van der Waals surface area contributed by atoms with Gasteiger partial charge in [-0.1, -0.05) is 6.92 Å². The molecule has 1 aromatic heterocycles. The zero-order valence-electron chi connectivity index (χ0n) is 20.2. The predicted octanol–water partition coefficient (Wildman–Crippen LogP) is 2.59. The lowest BCUT2D eigenvalue weighted by Crippen LogP contribution is -2.57. The van der Waals surface area contributed by atoms with E-state index in [1.165, 1.54) is 31.2 Å². The van der Waals surface area contributed by atoms with E-state index in [2.05, 4.69) is 0 Å². The van der Waals surface area contributed by atoms with Gasteiger partial charge in [0.1, 0.15) is 46.5 Å². The summed E-state index contributed by atoms with van der Waals surface area (Å²) in [7, 11) is 0. The summed E-state index contributed by atoms with van der Waals surface area (Å²) in [5, 5.41) is 40.8. The minimum Gasteiger partial charge on any atom is -0.508 e. The summed E-state index contributed by atoms with van der Waals surface area (Å²) in [6.45, 7) is 4.05. The van der Waals surface area contributed by atoms with Crippen molar-refractivity contribution in [3.8, 4) is 34.3 Å². The Kier molecular flexibility index (Phi) is 6.99. The monoisotopic (exact) mass is 514 g/mol. The topological polar surface area (TPSA) is 173 Å². The first kappa shape index (κ1) is 25.8. The second-order valence-corrected chi connectivity index (χ2v) is 8.98. The molecule has 0 bridgehead atoms. The van der Waals surface area contributed by atoms with Crippen LogP contribution in [0.25, 0.3) is 22.3 Å². The molecule has 1 saturated carbocycles. The molecule has 0 spiro atoms. The molecule has 11 heteroatoms. The molecule has 2 aromatic carbocycles. The molecule has 37 heavy (non-hydrogen) atoms. The van der Waals surface area contributed by atoms with Gasteiger partial charge in [0.15, 0.2) is 11.9 Å². The molecule has 0 saturated heterocycles. The number of benzene rings is 2. The van der Waals surface area contributed by atoms with Crippen LogP contribution in [0.3, 0.4) is 0 Å². The summed E-state index contributed by atoms with van der Waals surface area (Å²) >= 11 is 0. The van der Waals surface area contributed by atoms with E-state index >= 15 is 0 Å². The first-order valence-corrected chi connectivity index (χ1v) is 11.5. The van der Waals surface area contributed by atoms with Crippen molar-refractivity contribution in [3.05, 3.63) is 46.6 Å². The number of aliphatic hydroxyl groups excluding tert-OH is 1. The number of carbonyl (C=O) groups is 2. The Morgan fingerprint density at radius 1 is 0.946 bits per heavy atom. The lowest BCUT2D eigenvalue weighted by molar-refractivity contribution is -0.199. The van der Waals surface area contributed by atoms with Crippen LogP contribution in [-0.4, -0.2) is 56.8 Å². The SMILES string of the molecule is CC(=O)O[C@@H]1[C@H](O)[C@@H](Oc2c(-c3ccc(O)cc3)oc3cc(O)cc(O)c3c2=O)C[C@H](C)[C@H]1OC(C)=O. The Morgan fingerprint density at radius 2 is 1.57 bits per heavy atom. The number of carbonyl (C=O) groups excluding carboxylic acids is 2. The average molecular weight is 514 g/mol. The Morgan fingerprint density at radius 3 is 2.19 bits per heavy atom. The zero-order chi connectivity index (χ0) is 27.0. The highest BCUT2D eigenvalue weighted by Crippen LogP contribution is 2.39. The molecule has 5 atom stereocenters. The van der Waals surface area contributed by atoms with Gasteiger partial charge in [-0.15, -0.1) is 0 Å². The molecule has 0 unspecified atom stereocenters. The van der Waals surface area contributed by atoms with Crippen molar-refractivity contribution in [2.45, 2.75) is 51.6 Å². The molecule has 196 valence electrons. The van der Waals surface area contributed by atoms with E-state index in [0.717, 1.165) is 19.1 Å². The molecule has 1 aliphatic rings. The van der Waals surface area contributed by atoms with Gasteiger partial charge in [-0.05, 0) is 30.7 Å². The summed E-state index contributed by atoms with van der Waals surface area (Å²) in [6.07, 6.45) is -4.73.